The number of nitrogens with zero attached hydrogens (tertiary/aromatic N) is 1. The zero-order chi connectivity index (χ0) is 16.3. The Labute approximate surface area is 126 Å². The molecule has 0 aliphatic heterocycles. The Morgan fingerprint density at radius 2 is 1.90 bits per heavy atom. The van der Waals surface area contributed by atoms with Crippen molar-refractivity contribution >= 4 is 11.4 Å². The first-order valence-electron chi connectivity index (χ1n) is 6.78. The van der Waals surface area contributed by atoms with Gasteiger partial charge < -0.3 is 4.55 Å². The SMILES string of the molecule is CCC[C@H](N[S+]([O-])C(C)(C)C)c1cccc(C(F)(F)F)n1. The van der Waals surface area contributed by atoms with E-state index in [0.717, 1.165) is 12.5 Å². The Hall–Kier alpha value is -0.790. The highest BCUT2D eigenvalue weighted by atomic mass is 32.2. The van der Waals surface area contributed by atoms with E-state index in [0.29, 0.717) is 6.42 Å². The summed E-state index contributed by atoms with van der Waals surface area (Å²) in [4.78, 5) is 3.68. The zero-order valence-electron chi connectivity index (χ0n) is 12.6. The lowest BCUT2D eigenvalue weighted by Crippen LogP contribution is -2.41. The van der Waals surface area contributed by atoms with Gasteiger partial charge in [0.1, 0.15) is 10.4 Å². The topological polar surface area (TPSA) is 48.0 Å². The van der Waals surface area contributed by atoms with E-state index in [1.807, 2.05) is 6.92 Å². The molecular weight excluding hydrogens is 301 g/mol. The van der Waals surface area contributed by atoms with Crippen LogP contribution >= 0.6 is 0 Å². The van der Waals surface area contributed by atoms with E-state index >= 15 is 0 Å². The molecule has 7 heteroatoms. The van der Waals surface area contributed by atoms with Crippen molar-refractivity contribution in [1.29, 1.82) is 0 Å². The summed E-state index contributed by atoms with van der Waals surface area (Å²) in [6, 6.07) is 3.34. The van der Waals surface area contributed by atoms with Gasteiger partial charge in [0.05, 0.1) is 11.7 Å². The van der Waals surface area contributed by atoms with Crippen molar-refractivity contribution in [3.05, 3.63) is 29.6 Å². The smallest absolute Gasteiger partial charge is 0.433 e. The number of pyridine rings is 1. The van der Waals surface area contributed by atoms with Crippen LogP contribution in [0.15, 0.2) is 18.2 Å². The quantitative estimate of drug-likeness (QED) is 0.834. The van der Waals surface area contributed by atoms with Crippen molar-refractivity contribution in [2.24, 2.45) is 0 Å². The lowest BCUT2D eigenvalue weighted by molar-refractivity contribution is -0.141. The molecule has 1 aromatic heterocycles. The molecule has 0 bridgehead atoms. The van der Waals surface area contributed by atoms with Gasteiger partial charge in [-0.3, -0.25) is 0 Å². The number of hydrogen-bond acceptors (Lipinski definition) is 3. The molecule has 2 atom stereocenters. The van der Waals surface area contributed by atoms with Crippen LogP contribution in [0.2, 0.25) is 0 Å². The molecule has 0 saturated carbocycles. The normalized spacial score (nSPS) is 15.8. The Balaban J connectivity index is 3.01. The first kappa shape index (κ1) is 18.3. The highest BCUT2D eigenvalue weighted by molar-refractivity contribution is 7.90. The van der Waals surface area contributed by atoms with Crippen molar-refractivity contribution in [1.82, 2.24) is 9.71 Å². The average Bonchev–Trinajstić information content (AvgIpc) is 2.36. The summed E-state index contributed by atoms with van der Waals surface area (Å²) < 4.78 is 52.7. The monoisotopic (exact) mass is 322 g/mol. The Morgan fingerprint density at radius 3 is 2.38 bits per heavy atom. The summed E-state index contributed by atoms with van der Waals surface area (Å²) in [7, 11) is 0. The van der Waals surface area contributed by atoms with Crippen LogP contribution in [0.5, 0.6) is 0 Å². The third-order valence-corrected chi connectivity index (χ3v) is 4.41. The number of hydrogen-bond donors (Lipinski definition) is 1. The van der Waals surface area contributed by atoms with Gasteiger partial charge in [0.25, 0.3) is 0 Å². The van der Waals surface area contributed by atoms with Crippen LogP contribution in [0.3, 0.4) is 0 Å². The number of nitrogens with one attached hydrogen (secondary N) is 1. The average molecular weight is 322 g/mol. The molecule has 120 valence electrons. The van der Waals surface area contributed by atoms with Crippen molar-refractivity contribution in [2.75, 3.05) is 0 Å². The molecular formula is C14H21F3N2OS. The fourth-order valence-electron chi connectivity index (χ4n) is 1.67. The summed E-state index contributed by atoms with van der Waals surface area (Å²) in [5.74, 6) is 0. The molecule has 0 fully saturated rings. The van der Waals surface area contributed by atoms with Gasteiger partial charge >= 0.3 is 6.18 Å². The van der Waals surface area contributed by atoms with E-state index in [9.17, 15) is 17.7 Å². The highest BCUT2D eigenvalue weighted by Crippen LogP contribution is 2.29. The number of aromatic nitrogens is 1. The maximum atomic E-state index is 12.7. The first-order valence-corrected chi connectivity index (χ1v) is 7.93. The van der Waals surface area contributed by atoms with Crippen LogP contribution in [0.4, 0.5) is 13.2 Å². The fraction of sp³-hybridized carbons (Fsp3) is 0.643. The Bertz CT molecular complexity index is 460. The molecule has 0 radical (unpaired) electrons. The molecule has 3 nitrogen and oxygen atoms in total. The minimum atomic E-state index is -4.48. The highest BCUT2D eigenvalue weighted by Gasteiger charge is 2.34. The van der Waals surface area contributed by atoms with Crippen molar-refractivity contribution in [2.45, 2.75) is 57.5 Å². The van der Waals surface area contributed by atoms with Crippen molar-refractivity contribution in [3.8, 4) is 0 Å². The molecule has 0 aliphatic rings. The van der Waals surface area contributed by atoms with Crippen molar-refractivity contribution in [3.63, 3.8) is 0 Å². The van der Waals surface area contributed by atoms with E-state index < -0.39 is 34.0 Å². The van der Waals surface area contributed by atoms with E-state index in [-0.39, 0.29) is 5.69 Å². The zero-order valence-corrected chi connectivity index (χ0v) is 13.4. The van der Waals surface area contributed by atoms with E-state index in [1.165, 1.54) is 12.1 Å². The van der Waals surface area contributed by atoms with Gasteiger partial charge in [-0.2, -0.15) is 13.2 Å². The maximum absolute atomic E-state index is 12.7. The second-order valence-corrected chi connectivity index (χ2v) is 7.78. The standard InChI is InChI=1S/C14H21F3N2OS/c1-5-7-11(19-21(20)13(2,3)4)10-8-6-9-12(18-10)14(15,16)17/h6,8-9,11,19H,5,7H2,1-4H3/t11-,21?/m0/s1. The second-order valence-electron chi connectivity index (χ2n) is 5.79. The number of alkyl halides is 3. The summed E-state index contributed by atoms with van der Waals surface area (Å²) >= 11 is -1.37. The Morgan fingerprint density at radius 1 is 1.29 bits per heavy atom. The summed E-state index contributed by atoms with van der Waals surface area (Å²) in [5, 5.41) is 0. The first-order chi connectivity index (χ1) is 9.55. The third kappa shape index (κ3) is 5.48. The lowest BCUT2D eigenvalue weighted by atomic mass is 10.1. The largest absolute Gasteiger partial charge is 0.598 e. The van der Waals surface area contributed by atoms with Gasteiger partial charge in [-0.15, -0.1) is 4.72 Å². The minimum Gasteiger partial charge on any atom is -0.598 e. The second kappa shape index (κ2) is 6.98. The molecule has 0 aliphatic carbocycles. The summed E-state index contributed by atoms with van der Waals surface area (Å²) in [6.45, 7) is 7.33. The number of rotatable bonds is 5. The minimum absolute atomic E-state index is 0.268. The molecule has 0 spiro atoms. The van der Waals surface area contributed by atoms with E-state index in [4.69, 9.17) is 0 Å². The van der Waals surface area contributed by atoms with Gasteiger partial charge in [-0.1, -0.05) is 19.4 Å². The van der Waals surface area contributed by atoms with Crippen LogP contribution in [-0.4, -0.2) is 14.3 Å². The predicted octanol–water partition coefficient (Wildman–Crippen LogP) is 3.99. The molecule has 0 aromatic carbocycles. The van der Waals surface area contributed by atoms with Gasteiger partial charge in [-0.05, 0) is 39.3 Å². The molecule has 1 heterocycles. The summed E-state index contributed by atoms with van der Waals surface area (Å²) in [6.07, 6.45) is -3.16. The molecule has 1 aromatic rings. The van der Waals surface area contributed by atoms with Gasteiger partial charge in [0.15, 0.2) is 0 Å². The molecule has 1 N–H and O–H groups in total. The summed E-state index contributed by atoms with van der Waals surface area (Å²) in [5.41, 5.74) is -0.659. The fourth-order valence-corrected chi connectivity index (χ4v) is 2.52. The molecule has 0 amide bonds. The van der Waals surface area contributed by atoms with Crippen LogP contribution in [0, 0.1) is 0 Å². The number of halogens is 3. The van der Waals surface area contributed by atoms with Crippen LogP contribution in [0.1, 0.15) is 58.0 Å². The van der Waals surface area contributed by atoms with Crippen LogP contribution in [-0.2, 0) is 17.5 Å². The molecule has 1 rings (SSSR count). The predicted molar refractivity (Wildman–Crippen MR) is 77.9 cm³/mol. The van der Waals surface area contributed by atoms with Gasteiger partial charge in [-0.25, -0.2) is 4.98 Å². The van der Waals surface area contributed by atoms with Gasteiger partial charge in [0.2, 0.25) is 0 Å². The third-order valence-electron chi connectivity index (χ3n) is 2.80. The van der Waals surface area contributed by atoms with E-state index in [1.54, 1.807) is 20.8 Å². The van der Waals surface area contributed by atoms with E-state index in [2.05, 4.69) is 9.71 Å². The molecule has 21 heavy (non-hydrogen) atoms. The molecule has 0 saturated heterocycles. The van der Waals surface area contributed by atoms with Crippen LogP contribution in [0.25, 0.3) is 0 Å². The lowest BCUT2D eigenvalue weighted by Gasteiger charge is -2.27. The van der Waals surface area contributed by atoms with Crippen LogP contribution < -0.4 is 4.72 Å². The Kier molecular flexibility index (Phi) is 6.07. The van der Waals surface area contributed by atoms with Gasteiger partial charge in [0, 0.05) is 11.4 Å². The molecule has 1 unspecified atom stereocenters. The maximum Gasteiger partial charge on any atom is 0.433 e. The van der Waals surface area contributed by atoms with Crippen molar-refractivity contribution < 1.29 is 17.7 Å².